The van der Waals surface area contributed by atoms with Crippen molar-refractivity contribution in [3.63, 3.8) is 0 Å². The first-order chi connectivity index (χ1) is 7.56. The lowest BCUT2D eigenvalue weighted by atomic mass is 9.92. The van der Waals surface area contributed by atoms with Crippen LogP contribution in [0.3, 0.4) is 0 Å². The second-order valence-corrected chi connectivity index (χ2v) is 4.68. The van der Waals surface area contributed by atoms with Gasteiger partial charge < -0.3 is 10.6 Å². The molecule has 2 unspecified atom stereocenters. The van der Waals surface area contributed by atoms with Crippen molar-refractivity contribution < 1.29 is 9.59 Å². The van der Waals surface area contributed by atoms with E-state index in [1.165, 1.54) is 0 Å². The maximum absolute atomic E-state index is 11.9. The predicted octanol–water partition coefficient (Wildman–Crippen LogP) is 1.29. The Labute approximate surface area is 97.2 Å². The average Bonchev–Trinajstić information content (AvgIpc) is 2.26. The lowest BCUT2D eigenvalue weighted by molar-refractivity contribution is -0.137. The molecule has 0 aromatic heterocycles. The van der Waals surface area contributed by atoms with Crippen LogP contribution in [0.4, 0.5) is 0 Å². The fourth-order valence-corrected chi connectivity index (χ4v) is 2.16. The average molecular weight is 226 g/mol. The molecule has 1 aliphatic heterocycles. The third-order valence-electron chi connectivity index (χ3n) is 3.35. The number of primary amides is 1. The van der Waals surface area contributed by atoms with E-state index in [9.17, 15) is 9.59 Å². The van der Waals surface area contributed by atoms with Gasteiger partial charge in [-0.1, -0.05) is 13.3 Å². The van der Waals surface area contributed by atoms with Gasteiger partial charge in [0.05, 0.1) is 5.92 Å². The predicted molar refractivity (Wildman–Crippen MR) is 62.6 cm³/mol. The van der Waals surface area contributed by atoms with E-state index in [4.69, 9.17) is 5.73 Å². The minimum atomic E-state index is -0.278. The Hall–Kier alpha value is -1.06. The normalized spacial score (nSPS) is 25.5. The summed E-state index contributed by atoms with van der Waals surface area (Å²) in [6.45, 7) is 4.62. The highest BCUT2D eigenvalue weighted by molar-refractivity contribution is 5.80. The van der Waals surface area contributed by atoms with Crippen molar-refractivity contribution in [3.05, 3.63) is 0 Å². The quantitative estimate of drug-likeness (QED) is 0.785. The monoisotopic (exact) mass is 226 g/mol. The van der Waals surface area contributed by atoms with Gasteiger partial charge in [0.15, 0.2) is 0 Å². The van der Waals surface area contributed by atoms with Crippen LogP contribution in [0.5, 0.6) is 0 Å². The molecule has 1 heterocycles. The van der Waals surface area contributed by atoms with Crippen molar-refractivity contribution in [1.29, 1.82) is 0 Å². The van der Waals surface area contributed by atoms with Gasteiger partial charge in [-0.3, -0.25) is 9.59 Å². The Kier molecular flexibility index (Phi) is 4.77. The first-order valence-electron chi connectivity index (χ1n) is 6.15. The summed E-state index contributed by atoms with van der Waals surface area (Å²) in [5.74, 6) is -0.262. The molecule has 2 amide bonds. The van der Waals surface area contributed by atoms with E-state index in [1.807, 2.05) is 11.8 Å². The topological polar surface area (TPSA) is 63.4 Å². The fourth-order valence-electron chi connectivity index (χ4n) is 2.16. The molecule has 1 fully saturated rings. The van der Waals surface area contributed by atoms with Crippen LogP contribution in [-0.2, 0) is 9.59 Å². The van der Waals surface area contributed by atoms with Crippen LogP contribution in [0.25, 0.3) is 0 Å². The summed E-state index contributed by atoms with van der Waals surface area (Å²) in [7, 11) is 0. The molecule has 0 saturated carbocycles. The van der Waals surface area contributed by atoms with Gasteiger partial charge in [-0.05, 0) is 26.2 Å². The van der Waals surface area contributed by atoms with Crippen molar-refractivity contribution >= 4 is 11.8 Å². The number of carbonyl (C=O) groups excluding carboxylic acids is 2. The summed E-state index contributed by atoms with van der Waals surface area (Å²) in [5, 5.41) is 0. The molecule has 0 radical (unpaired) electrons. The van der Waals surface area contributed by atoms with E-state index in [1.54, 1.807) is 0 Å². The molecule has 1 aliphatic rings. The standard InChI is InChI=1S/C12H22N2O2/c1-3-4-5-11(15)14-8-10(12(13)16)7-6-9(14)2/h9-10H,3-8H2,1-2H3,(H2,13,16). The zero-order valence-corrected chi connectivity index (χ0v) is 10.2. The fraction of sp³-hybridized carbons (Fsp3) is 0.833. The molecule has 0 aromatic rings. The molecule has 0 spiro atoms. The van der Waals surface area contributed by atoms with Gasteiger partial charge in [0.25, 0.3) is 0 Å². The number of rotatable bonds is 4. The van der Waals surface area contributed by atoms with E-state index < -0.39 is 0 Å². The molecule has 0 bridgehead atoms. The van der Waals surface area contributed by atoms with Crippen molar-refractivity contribution in [2.75, 3.05) is 6.54 Å². The molecule has 4 nitrogen and oxygen atoms in total. The third-order valence-corrected chi connectivity index (χ3v) is 3.35. The van der Waals surface area contributed by atoms with Gasteiger partial charge in [-0.25, -0.2) is 0 Å². The van der Waals surface area contributed by atoms with E-state index >= 15 is 0 Å². The van der Waals surface area contributed by atoms with E-state index in [0.29, 0.717) is 13.0 Å². The highest BCUT2D eigenvalue weighted by Crippen LogP contribution is 2.22. The lowest BCUT2D eigenvalue weighted by Crippen LogP contribution is -2.48. The molecule has 92 valence electrons. The molecule has 1 rings (SSSR count). The van der Waals surface area contributed by atoms with Gasteiger partial charge in [0, 0.05) is 19.0 Å². The van der Waals surface area contributed by atoms with Crippen LogP contribution in [0.15, 0.2) is 0 Å². The Morgan fingerprint density at radius 1 is 1.38 bits per heavy atom. The summed E-state index contributed by atoms with van der Waals surface area (Å²) >= 11 is 0. The van der Waals surface area contributed by atoms with Crippen LogP contribution >= 0.6 is 0 Å². The van der Waals surface area contributed by atoms with Crippen LogP contribution in [0.2, 0.25) is 0 Å². The number of nitrogens with two attached hydrogens (primary N) is 1. The summed E-state index contributed by atoms with van der Waals surface area (Å²) in [6, 6.07) is 0.250. The second kappa shape index (κ2) is 5.87. The Morgan fingerprint density at radius 3 is 2.62 bits per heavy atom. The van der Waals surface area contributed by atoms with Crippen molar-refractivity contribution in [2.24, 2.45) is 11.7 Å². The van der Waals surface area contributed by atoms with Gasteiger partial charge in [0.1, 0.15) is 0 Å². The summed E-state index contributed by atoms with van der Waals surface area (Å²) in [5.41, 5.74) is 5.30. The maximum atomic E-state index is 11.9. The number of likely N-dealkylation sites (tertiary alicyclic amines) is 1. The third kappa shape index (κ3) is 3.22. The zero-order chi connectivity index (χ0) is 12.1. The summed E-state index contributed by atoms with van der Waals surface area (Å²) < 4.78 is 0. The number of carbonyl (C=O) groups is 2. The second-order valence-electron chi connectivity index (χ2n) is 4.68. The van der Waals surface area contributed by atoms with Crippen molar-refractivity contribution in [1.82, 2.24) is 4.90 Å². The van der Waals surface area contributed by atoms with E-state index in [-0.39, 0.29) is 23.8 Å². The number of hydrogen-bond acceptors (Lipinski definition) is 2. The number of amides is 2. The molecule has 0 aliphatic carbocycles. The number of nitrogens with zero attached hydrogens (tertiary/aromatic N) is 1. The lowest BCUT2D eigenvalue weighted by Gasteiger charge is -2.37. The van der Waals surface area contributed by atoms with Gasteiger partial charge >= 0.3 is 0 Å². The Bertz CT molecular complexity index is 266. The molecule has 2 N–H and O–H groups in total. The molecule has 1 saturated heterocycles. The first-order valence-corrected chi connectivity index (χ1v) is 6.15. The number of piperidine rings is 1. The van der Waals surface area contributed by atoms with Gasteiger partial charge in [-0.15, -0.1) is 0 Å². The van der Waals surface area contributed by atoms with Crippen LogP contribution < -0.4 is 5.73 Å². The largest absolute Gasteiger partial charge is 0.369 e. The van der Waals surface area contributed by atoms with Gasteiger partial charge in [-0.2, -0.15) is 0 Å². The van der Waals surface area contributed by atoms with E-state index in [2.05, 4.69) is 6.92 Å². The minimum Gasteiger partial charge on any atom is -0.369 e. The summed E-state index contributed by atoms with van der Waals surface area (Å²) in [6.07, 6.45) is 4.22. The number of hydrogen-bond donors (Lipinski definition) is 1. The molecule has 4 heteroatoms. The van der Waals surface area contributed by atoms with Crippen molar-refractivity contribution in [2.45, 2.75) is 52.0 Å². The zero-order valence-electron chi connectivity index (χ0n) is 10.2. The molecular weight excluding hydrogens is 204 g/mol. The Morgan fingerprint density at radius 2 is 2.06 bits per heavy atom. The SMILES string of the molecule is CCCCC(=O)N1CC(C(N)=O)CCC1C. The van der Waals surface area contributed by atoms with Crippen molar-refractivity contribution in [3.8, 4) is 0 Å². The van der Waals surface area contributed by atoms with Gasteiger partial charge in [0.2, 0.25) is 11.8 Å². The Balaban J connectivity index is 2.55. The highest BCUT2D eigenvalue weighted by atomic mass is 16.2. The first kappa shape index (κ1) is 13.0. The molecular formula is C12H22N2O2. The highest BCUT2D eigenvalue weighted by Gasteiger charge is 2.30. The summed E-state index contributed by atoms with van der Waals surface area (Å²) in [4.78, 5) is 24.9. The van der Waals surface area contributed by atoms with Crippen LogP contribution in [-0.4, -0.2) is 29.3 Å². The molecule has 16 heavy (non-hydrogen) atoms. The minimum absolute atomic E-state index is 0.151. The molecule has 0 aromatic carbocycles. The maximum Gasteiger partial charge on any atom is 0.222 e. The van der Waals surface area contributed by atoms with Crippen LogP contribution in [0, 0.1) is 5.92 Å². The smallest absolute Gasteiger partial charge is 0.222 e. The number of unbranched alkanes of at least 4 members (excludes halogenated alkanes) is 1. The molecule has 2 atom stereocenters. The van der Waals surface area contributed by atoms with E-state index in [0.717, 1.165) is 25.7 Å². The van der Waals surface area contributed by atoms with Crippen LogP contribution in [0.1, 0.15) is 46.0 Å².